The largest absolute Gasteiger partial charge is 0.496 e. The molecule has 0 fully saturated rings. The van der Waals surface area contributed by atoms with Gasteiger partial charge in [-0.1, -0.05) is 0 Å². The maximum atomic E-state index is 11.0. The molecule has 17 heavy (non-hydrogen) atoms. The molecule has 0 saturated carbocycles. The van der Waals surface area contributed by atoms with Gasteiger partial charge in [0, 0.05) is 11.6 Å². The van der Waals surface area contributed by atoms with Gasteiger partial charge in [0.2, 0.25) is 0 Å². The second-order valence-electron chi connectivity index (χ2n) is 3.33. The minimum absolute atomic E-state index is 0.456. The van der Waals surface area contributed by atoms with Gasteiger partial charge in [-0.2, -0.15) is 5.26 Å². The molecule has 0 bridgehead atoms. The zero-order valence-electron chi connectivity index (χ0n) is 9.98. The maximum absolute atomic E-state index is 11.0. The normalized spacial score (nSPS) is 10.0. The van der Waals surface area contributed by atoms with Crippen LogP contribution in [0.15, 0.2) is 18.2 Å². The maximum Gasteiger partial charge on any atom is 0.330 e. The van der Waals surface area contributed by atoms with E-state index in [0.29, 0.717) is 16.9 Å². The molecule has 0 radical (unpaired) electrons. The van der Waals surface area contributed by atoms with Crippen molar-refractivity contribution in [2.24, 2.45) is 0 Å². The van der Waals surface area contributed by atoms with Gasteiger partial charge in [0.25, 0.3) is 0 Å². The lowest BCUT2D eigenvalue weighted by Gasteiger charge is -2.08. The van der Waals surface area contributed by atoms with Crippen LogP contribution in [0.2, 0.25) is 0 Å². The molecular formula is C13H13NO3. The van der Waals surface area contributed by atoms with Crippen molar-refractivity contribution in [3.8, 4) is 11.8 Å². The first kappa shape index (κ1) is 12.8. The lowest BCUT2D eigenvalue weighted by atomic mass is 10.0. The van der Waals surface area contributed by atoms with E-state index >= 15 is 0 Å². The Hall–Kier alpha value is -2.28. The number of hydrogen-bond acceptors (Lipinski definition) is 4. The van der Waals surface area contributed by atoms with Gasteiger partial charge < -0.3 is 9.47 Å². The Labute approximate surface area is 100 Å². The SMILES string of the molecule is COC(=O)/C=C/c1ccc(OC)c(C)c1C#N. The zero-order chi connectivity index (χ0) is 12.8. The summed E-state index contributed by atoms with van der Waals surface area (Å²) >= 11 is 0. The molecule has 0 aliphatic rings. The highest BCUT2D eigenvalue weighted by atomic mass is 16.5. The van der Waals surface area contributed by atoms with Crippen LogP contribution in [0.4, 0.5) is 0 Å². The molecule has 0 aliphatic heterocycles. The van der Waals surface area contributed by atoms with Gasteiger partial charge in [-0.25, -0.2) is 4.79 Å². The lowest BCUT2D eigenvalue weighted by Crippen LogP contribution is -1.96. The van der Waals surface area contributed by atoms with Crippen LogP contribution in [0.25, 0.3) is 6.08 Å². The Morgan fingerprint density at radius 3 is 2.65 bits per heavy atom. The predicted molar refractivity (Wildman–Crippen MR) is 63.5 cm³/mol. The van der Waals surface area contributed by atoms with Crippen molar-refractivity contribution >= 4 is 12.0 Å². The van der Waals surface area contributed by atoms with Crippen LogP contribution in [0, 0.1) is 18.3 Å². The van der Waals surface area contributed by atoms with Gasteiger partial charge in [-0.15, -0.1) is 0 Å². The summed E-state index contributed by atoms with van der Waals surface area (Å²) in [6.07, 6.45) is 2.83. The Balaban J connectivity index is 3.19. The number of hydrogen-bond donors (Lipinski definition) is 0. The molecule has 88 valence electrons. The Bertz CT molecular complexity index is 498. The van der Waals surface area contributed by atoms with E-state index in [1.807, 2.05) is 0 Å². The summed E-state index contributed by atoms with van der Waals surface area (Å²) < 4.78 is 9.61. The molecule has 1 rings (SSSR count). The molecule has 0 saturated heterocycles. The van der Waals surface area contributed by atoms with Gasteiger partial charge in [0.1, 0.15) is 11.8 Å². The van der Waals surface area contributed by atoms with E-state index in [1.165, 1.54) is 13.2 Å². The summed E-state index contributed by atoms with van der Waals surface area (Å²) in [5.41, 5.74) is 1.91. The molecule has 0 heterocycles. The smallest absolute Gasteiger partial charge is 0.330 e. The molecule has 0 unspecified atom stereocenters. The van der Waals surface area contributed by atoms with Gasteiger partial charge in [0.05, 0.1) is 19.8 Å². The fraction of sp³-hybridized carbons (Fsp3) is 0.231. The Kier molecular flexibility index (Phi) is 4.29. The first-order valence-corrected chi connectivity index (χ1v) is 4.97. The average molecular weight is 231 g/mol. The van der Waals surface area contributed by atoms with E-state index in [0.717, 1.165) is 5.56 Å². The van der Waals surface area contributed by atoms with Gasteiger partial charge in [-0.3, -0.25) is 0 Å². The molecule has 0 aromatic heterocycles. The number of ether oxygens (including phenoxy) is 2. The van der Waals surface area contributed by atoms with Crippen LogP contribution in [0.1, 0.15) is 16.7 Å². The van der Waals surface area contributed by atoms with E-state index in [4.69, 9.17) is 10.00 Å². The first-order valence-electron chi connectivity index (χ1n) is 4.97. The van der Waals surface area contributed by atoms with E-state index in [2.05, 4.69) is 10.8 Å². The standard InChI is InChI=1S/C13H13NO3/c1-9-11(8-14)10(4-6-12(9)16-2)5-7-13(15)17-3/h4-7H,1-3H3/b7-5+. The van der Waals surface area contributed by atoms with E-state index in [9.17, 15) is 4.79 Å². The van der Waals surface area contributed by atoms with Crippen LogP contribution in [-0.4, -0.2) is 20.2 Å². The third-order valence-corrected chi connectivity index (χ3v) is 2.38. The fourth-order valence-corrected chi connectivity index (χ4v) is 1.45. The predicted octanol–water partition coefficient (Wildman–Crippen LogP) is 2.06. The molecule has 0 spiro atoms. The fourth-order valence-electron chi connectivity index (χ4n) is 1.45. The summed E-state index contributed by atoms with van der Waals surface area (Å²) in [5.74, 6) is 0.194. The topological polar surface area (TPSA) is 59.3 Å². The Morgan fingerprint density at radius 1 is 1.41 bits per heavy atom. The molecular weight excluding hydrogens is 218 g/mol. The van der Waals surface area contributed by atoms with Crippen molar-refractivity contribution in [3.63, 3.8) is 0 Å². The number of esters is 1. The van der Waals surface area contributed by atoms with Gasteiger partial charge in [0.15, 0.2) is 0 Å². The quantitative estimate of drug-likeness (QED) is 0.590. The van der Waals surface area contributed by atoms with Crippen molar-refractivity contribution in [2.45, 2.75) is 6.92 Å². The van der Waals surface area contributed by atoms with Crippen molar-refractivity contribution in [3.05, 3.63) is 34.9 Å². The zero-order valence-corrected chi connectivity index (χ0v) is 9.98. The highest BCUT2D eigenvalue weighted by molar-refractivity contribution is 5.87. The van der Waals surface area contributed by atoms with Crippen LogP contribution in [0.5, 0.6) is 5.75 Å². The average Bonchev–Trinajstić information content (AvgIpc) is 2.35. The summed E-state index contributed by atoms with van der Waals surface area (Å²) in [4.78, 5) is 11.0. The minimum Gasteiger partial charge on any atom is -0.496 e. The van der Waals surface area contributed by atoms with Crippen LogP contribution in [-0.2, 0) is 9.53 Å². The third kappa shape index (κ3) is 2.85. The second-order valence-corrected chi connectivity index (χ2v) is 3.33. The molecule has 0 aliphatic carbocycles. The number of carbonyl (C=O) groups excluding carboxylic acids is 1. The van der Waals surface area contributed by atoms with E-state index < -0.39 is 5.97 Å². The highest BCUT2D eigenvalue weighted by Crippen LogP contribution is 2.24. The van der Waals surface area contributed by atoms with Gasteiger partial charge >= 0.3 is 5.97 Å². The number of benzene rings is 1. The molecule has 1 aromatic carbocycles. The van der Waals surface area contributed by atoms with E-state index in [1.54, 1.807) is 32.2 Å². The van der Waals surface area contributed by atoms with Crippen LogP contribution in [0.3, 0.4) is 0 Å². The van der Waals surface area contributed by atoms with Crippen molar-refractivity contribution in [1.29, 1.82) is 5.26 Å². The third-order valence-electron chi connectivity index (χ3n) is 2.38. The van der Waals surface area contributed by atoms with Crippen LogP contribution < -0.4 is 4.74 Å². The van der Waals surface area contributed by atoms with Crippen molar-refractivity contribution in [1.82, 2.24) is 0 Å². The molecule has 0 N–H and O–H groups in total. The van der Waals surface area contributed by atoms with Crippen molar-refractivity contribution in [2.75, 3.05) is 14.2 Å². The number of nitrogens with zero attached hydrogens (tertiary/aromatic N) is 1. The monoisotopic (exact) mass is 231 g/mol. The summed E-state index contributed by atoms with van der Waals surface area (Å²) in [6.45, 7) is 1.80. The van der Waals surface area contributed by atoms with Gasteiger partial charge in [-0.05, 0) is 30.7 Å². The first-order chi connectivity index (χ1) is 8.13. The van der Waals surface area contributed by atoms with E-state index in [-0.39, 0.29) is 0 Å². The lowest BCUT2D eigenvalue weighted by molar-refractivity contribution is -0.134. The summed E-state index contributed by atoms with van der Waals surface area (Å²) in [7, 11) is 2.85. The Morgan fingerprint density at radius 2 is 2.12 bits per heavy atom. The molecule has 1 aromatic rings. The summed E-state index contributed by atoms with van der Waals surface area (Å²) in [6, 6.07) is 5.58. The number of carbonyl (C=O) groups is 1. The highest BCUT2D eigenvalue weighted by Gasteiger charge is 2.08. The summed E-state index contributed by atoms with van der Waals surface area (Å²) in [5, 5.41) is 9.09. The van der Waals surface area contributed by atoms with Crippen LogP contribution >= 0.6 is 0 Å². The molecule has 0 amide bonds. The number of rotatable bonds is 3. The molecule has 0 atom stereocenters. The number of methoxy groups -OCH3 is 2. The van der Waals surface area contributed by atoms with Crippen molar-refractivity contribution < 1.29 is 14.3 Å². The molecule has 4 heteroatoms. The number of nitriles is 1. The second kappa shape index (κ2) is 5.71. The molecule has 4 nitrogen and oxygen atoms in total. The minimum atomic E-state index is -0.456.